The van der Waals surface area contributed by atoms with Crippen LogP contribution in [-0.4, -0.2) is 22.0 Å². The molecule has 2 aromatic rings. The van der Waals surface area contributed by atoms with E-state index in [2.05, 4.69) is 15.5 Å². The number of rotatable bonds is 3. The summed E-state index contributed by atoms with van der Waals surface area (Å²) in [6, 6.07) is 1.08. The third kappa shape index (κ3) is 3.02. The number of aromatic nitrogens is 2. The van der Waals surface area contributed by atoms with Crippen LogP contribution in [0.15, 0.2) is 12.1 Å². The van der Waals surface area contributed by atoms with Crippen molar-refractivity contribution < 1.29 is 18.0 Å². The molecule has 0 aliphatic carbocycles. The molecule has 0 saturated carbocycles. The summed E-state index contributed by atoms with van der Waals surface area (Å²) in [5.41, 5.74) is -0.495. The third-order valence-corrected chi connectivity index (χ3v) is 3.11. The van der Waals surface area contributed by atoms with Gasteiger partial charge in [-0.3, -0.25) is 10.1 Å². The van der Waals surface area contributed by atoms with Gasteiger partial charge in [-0.15, -0.1) is 21.8 Å². The number of alkyl halides is 1. The lowest BCUT2D eigenvalue weighted by Gasteiger charge is -2.00. The number of amides is 1. The zero-order valence-corrected chi connectivity index (χ0v) is 10.7. The minimum Gasteiger partial charge on any atom is -0.299 e. The average molecular weight is 308 g/mol. The Balaban J connectivity index is 2.36. The SMILES string of the molecule is O=C(CCl)Nc1nnc(-c2c(F)cc(F)cc2F)s1. The maximum Gasteiger partial charge on any atom is 0.241 e. The smallest absolute Gasteiger partial charge is 0.241 e. The Kier molecular flexibility index (Phi) is 4.01. The molecule has 1 amide bonds. The topological polar surface area (TPSA) is 54.9 Å². The molecule has 100 valence electrons. The highest BCUT2D eigenvalue weighted by atomic mass is 35.5. The number of carbonyl (C=O) groups excluding carboxylic acids is 1. The van der Waals surface area contributed by atoms with E-state index in [4.69, 9.17) is 11.6 Å². The van der Waals surface area contributed by atoms with E-state index in [9.17, 15) is 18.0 Å². The molecule has 9 heteroatoms. The van der Waals surface area contributed by atoms with E-state index < -0.39 is 28.9 Å². The number of benzene rings is 1. The third-order valence-electron chi connectivity index (χ3n) is 2.01. The second-order valence-corrected chi connectivity index (χ2v) is 4.58. The first kappa shape index (κ1) is 13.8. The standard InChI is InChI=1S/C10H5ClF3N3OS/c11-3-7(18)15-10-17-16-9(19-10)8-5(13)1-4(12)2-6(8)14/h1-2H,3H2,(H,15,17,18). The Hall–Kier alpha value is -1.67. The van der Waals surface area contributed by atoms with Crippen molar-refractivity contribution in [1.29, 1.82) is 0 Å². The number of anilines is 1. The van der Waals surface area contributed by atoms with Gasteiger partial charge in [-0.05, 0) is 0 Å². The van der Waals surface area contributed by atoms with Crippen molar-refractivity contribution >= 4 is 34.0 Å². The molecule has 0 fully saturated rings. The molecule has 19 heavy (non-hydrogen) atoms. The molecule has 1 aromatic carbocycles. The zero-order chi connectivity index (χ0) is 14.0. The monoisotopic (exact) mass is 307 g/mol. The summed E-state index contributed by atoms with van der Waals surface area (Å²) in [5, 5.41) is 9.29. The fraction of sp³-hybridized carbons (Fsp3) is 0.100. The van der Waals surface area contributed by atoms with Gasteiger partial charge < -0.3 is 0 Å². The number of carbonyl (C=O) groups is 1. The van der Waals surface area contributed by atoms with Crippen LogP contribution in [0.1, 0.15) is 0 Å². The van der Waals surface area contributed by atoms with Crippen molar-refractivity contribution in [2.45, 2.75) is 0 Å². The van der Waals surface area contributed by atoms with Gasteiger partial charge in [0, 0.05) is 12.1 Å². The summed E-state index contributed by atoms with van der Waals surface area (Å²) >= 11 is 6.02. The van der Waals surface area contributed by atoms with Crippen LogP contribution in [-0.2, 0) is 4.79 Å². The Bertz CT molecular complexity index is 611. The summed E-state index contributed by atoms with van der Waals surface area (Å²) in [5.74, 6) is -4.02. The summed E-state index contributed by atoms with van der Waals surface area (Å²) < 4.78 is 39.7. The first-order valence-electron chi connectivity index (χ1n) is 4.85. The van der Waals surface area contributed by atoms with Crippen LogP contribution in [0.2, 0.25) is 0 Å². The molecule has 0 radical (unpaired) electrons. The number of halogens is 4. The summed E-state index contributed by atoms with van der Waals surface area (Å²) in [7, 11) is 0. The average Bonchev–Trinajstić information content (AvgIpc) is 2.75. The van der Waals surface area contributed by atoms with Crippen molar-refractivity contribution in [3.05, 3.63) is 29.6 Å². The van der Waals surface area contributed by atoms with E-state index in [1.807, 2.05) is 0 Å². The second kappa shape index (κ2) is 5.54. The van der Waals surface area contributed by atoms with Crippen LogP contribution in [0, 0.1) is 17.5 Å². The molecule has 2 rings (SSSR count). The van der Waals surface area contributed by atoms with Gasteiger partial charge in [0.1, 0.15) is 23.3 Å². The van der Waals surface area contributed by atoms with E-state index in [0.29, 0.717) is 12.1 Å². The van der Waals surface area contributed by atoms with Crippen LogP contribution in [0.3, 0.4) is 0 Å². The van der Waals surface area contributed by atoms with Gasteiger partial charge in [-0.25, -0.2) is 13.2 Å². The summed E-state index contributed by atoms with van der Waals surface area (Å²) in [4.78, 5) is 11.0. The molecule has 1 N–H and O–H groups in total. The lowest BCUT2D eigenvalue weighted by Crippen LogP contribution is -2.12. The predicted octanol–water partition coefficient (Wildman–Crippen LogP) is 2.80. The first-order valence-corrected chi connectivity index (χ1v) is 6.20. The molecular formula is C10H5ClF3N3OS. The van der Waals surface area contributed by atoms with Crippen LogP contribution in [0.5, 0.6) is 0 Å². The van der Waals surface area contributed by atoms with Crippen LogP contribution in [0.4, 0.5) is 18.3 Å². The number of hydrogen-bond acceptors (Lipinski definition) is 4. The lowest BCUT2D eigenvalue weighted by atomic mass is 10.2. The van der Waals surface area contributed by atoms with Crippen molar-refractivity contribution in [1.82, 2.24) is 10.2 Å². The van der Waals surface area contributed by atoms with E-state index in [-0.39, 0.29) is 16.0 Å². The minimum absolute atomic E-state index is 0.0452. The predicted molar refractivity (Wildman–Crippen MR) is 64.6 cm³/mol. The van der Waals surface area contributed by atoms with Crippen LogP contribution < -0.4 is 5.32 Å². The van der Waals surface area contributed by atoms with Gasteiger partial charge in [-0.2, -0.15) is 0 Å². The van der Waals surface area contributed by atoms with E-state index in [0.717, 1.165) is 11.3 Å². The molecule has 0 saturated heterocycles. The molecule has 1 aromatic heterocycles. The molecule has 0 unspecified atom stereocenters. The first-order chi connectivity index (χ1) is 9.01. The Morgan fingerprint density at radius 2 is 1.89 bits per heavy atom. The van der Waals surface area contributed by atoms with E-state index in [1.54, 1.807) is 0 Å². The highest BCUT2D eigenvalue weighted by molar-refractivity contribution is 7.18. The summed E-state index contributed by atoms with van der Waals surface area (Å²) in [6.45, 7) is 0. The van der Waals surface area contributed by atoms with Gasteiger partial charge in [0.2, 0.25) is 11.0 Å². The molecule has 1 heterocycles. The minimum atomic E-state index is -1.09. The molecule has 0 atom stereocenters. The number of nitrogens with zero attached hydrogens (tertiary/aromatic N) is 2. The Morgan fingerprint density at radius 1 is 1.26 bits per heavy atom. The van der Waals surface area contributed by atoms with Crippen molar-refractivity contribution in [3.63, 3.8) is 0 Å². The van der Waals surface area contributed by atoms with Crippen molar-refractivity contribution in [3.8, 4) is 10.6 Å². The normalized spacial score (nSPS) is 10.5. The largest absolute Gasteiger partial charge is 0.299 e. The Morgan fingerprint density at radius 3 is 2.47 bits per heavy atom. The quantitative estimate of drug-likeness (QED) is 0.887. The second-order valence-electron chi connectivity index (χ2n) is 3.34. The fourth-order valence-electron chi connectivity index (χ4n) is 1.27. The highest BCUT2D eigenvalue weighted by Gasteiger charge is 2.18. The number of nitrogens with one attached hydrogen (secondary N) is 1. The van der Waals surface area contributed by atoms with Crippen molar-refractivity contribution in [2.75, 3.05) is 11.2 Å². The van der Waals surface area contributed by atoms with Crippen LogP contribution in [0.25, 0.3) is 10.6 Å². The number of hydrogen-bond donors (Lipinski definition) is 1. The highest BCUT2D eigenvalue weighted by Crippen LogP contribution is 2.31. The Labute approximate surface area is 114 Å². The van der Waals surface area contributed by atoms with Crippen molar-refractivity contribution in [2.24, 2.45) is 0 Å². The summed E-state index contributed by atoms with van der Waals surface area (Å²) in [6.07, 6.45) is 0. The van der Waals surface area contributed by atoms with Gasteiger partial charge in [0.15, 0.2) is 5.01 Å². The molecule has 0 bridgehead atoms. The van der Waals surface area contributed by atoms with Crippen LogP contribution >= 0.6 is 22.9 Å². The fourth-order valence-corrected chi connectivity index (χ4v) is 2.15. The molecule has 4 nitrogen and oxygen atoms in total. The maximum absolute atomic E-state index is 13.5. The van der Waals surface area contributed by atoms with E-state index in [1.165, 1.54) is 0 Å². The zero-order valence-electron chi connectivity index (χ0n) is 9.08. The molecule has 0 aliphatic heterocycles. The molecule has 0 aliphatic rings. The molecular weight excluding hydrogens is 303 g/mol. The molecule has 0 spiro atoms. The van der Waals surface area contributed by atoms with Gasteiger partial charge in [0.25, 0.3) is 0 Å². The van der Waals surface area contributed by atoms with Gasteiger partial charge >= 0.3 is 0 Å². The van der Waals surface area contributed by atoms with Gasteiger partial charge in [-0.1, -0.05) is 11.3 Å². The maximum atomic E-state index is 13.5. The lowest BCUT2D eigenvalue weighted by molar-refractivity contribution is -0.113. The van der Waals surface area contributed by atoms with E-state index >= 15 is 0 Å². The van der Waals surface area contributed by atoms with Gasteiger partial charge in [0.05, 0.1) is 5.56 Å².